The molecule has 6 heteroatoms. The monoisotopic (exact) mass is 342 g/mol. The lowest BCUT2D eigenvalue weighted by molar-refractivity contribution is 0.0825. The molecule has 0 aliphatic carbocycles. The number of ketones is 1. The van der Waals surface area contributed by atoms with Crippen molar-refractivity contribution in [1.29, 1.82) is 0 Å². The van der Waals surface area contributed by atoms with Crippen LogP contribution in [0.15, 0.2) is 24.3 Å². The third-order valence-corrected chi connectivity index (χ3v) is 4.65. The van der Waals surface area contributed by atoms with E-state index in [9.17, 15) is 9.90 Å². The molecule has 6 nitrogen and oxygen atoms in total. The lowest BCUT2D eigenvalue weighted by Crippen LogP contribution is -2.30. The Balaban J connectivity index is 1.64. The van der Waals surface area contributed by atoms with Crippen LogP contribution < -0.4 is 18.9 Å². The highest BCUT2D eigenvalue weighted by atomic mass is 16.7. The molecule has 0 bridgehead atoms. The van der Waals surface area contributed by atoms with Gasteiger partial charge in [0.05, 0.1) is 19.6 Å². The smallest absolute Gasteiger partial charge is 0.231 e. The number of phenols is 1. The van der Waals surface area contributed by atoms with Crippen molar-refractivity contribution in [2.24, 2.45) is 5.92 Å². The summed E-state index contributed by atoms with van der Waals surface area (Å²) in [5, 5.41) is 9.97. The molecule has 4 rings (SSSR count). The number of hydrogen-bond donors (Lipinski definition) is 1. The van der Waals surface area contributed by atoms with E-state index in [2.05, 4.69) is 0 Å². The summed E-state index contributed by atoms with van der Waals surface area (Å²) in [4.78, 5) is 13.0. The van der Waals surface area contributed by atoms with Gasteiger partial charge in [0.2, 0.25) is 6.79 Å². The van der Waals surface area contributed by atoms with Crippen LogP contribution in [0.2, 0.25) is 0 Å². The molecule has 1 atom stereocenters. The van der Waals surface area contributed by atoms with Crippen LogP contribution in [0.1, 0.15) is 21.5 Å². The van der Waals surface area contributed by atoms with E-state index in [1.165, 1.54) is 13.2 Å². The van der Waals surface area contributed by atoms with E-state index >= 15 is 0 Å². The Morgan fingerprint density at radius 3 is 2.76 bits per heavy atom. The Hall–Kier alpha value is -2.89. The van der Waals surface area contributed by atoms with Gasteiger partial charge in [-0.15, -0.1) is 0 Å². The SMILES string of the molecule is COc1c(C)c(O)cc2c1C(=O)C(Cc1ccc3c(c1)OCO3)CO2. The van der Waals surface area contributed by atoms with Gasteiger partial charge in [-0.3, -0.25) is 4.79 Å². The Bertz CT molecular complexity index is 857. The topological polar surface area (TPSA) is 74.2 Å². The molecule has 0 amide bonds. The van der Waals surface area contributed by atoms with Crippen molar-refractivity contribution in [1.82, 2.24) is 0 Å². The molecule has 25 heavy (non-hydrogen) atoms. The first-order valence-electron chi connectivity index (χ1n) is 8.04. The van der Waals surface area contributed by atoms with E-state index in [0.717, 1.165) is 5.56 Å². The molecule has 2 heterocycles. The molecule has 0 saturated heterocycles. The summed E-state index contributed by atoms with van der Waals surface area (Å²) in [6, 6.07) is 7.14. The van der Waals surface area contributed by atoms with Crippen LogP contribution in [0.25, 0.3) is 0 Å². The molecule has 0 fully saturated rings. The zero-order chi connectivity index (χ0) is 17.6. The third kappa shape index (κ3) is 2.54. The van der Waals surface area contributed by atoms with Gasteiger partial charge in [0.15, 0.2) is 17.3 Å². The Labute approximate surface area is 144 Å². The van der Waals surface area contributed by atoms with Gasteiger partial charge in [-0.1, -0.05) is 6.07 Å². The maximum absolute atomic E-state index is 13.0. The van der Waals surface area contributed by atoms with E-state index in [1.807, 2.05) is 18.2 Å². The zero-order valence-corrected chi connectivity index (χ0v) is 14.0. The van der Waals surface area contributed by atoms with Crippen molar-refractivity contribution >= 4 is 5.78 Å². The first-order chi connectivity index (χ1) is 12.1. The van der Waals surface area contributed by atoms with Crippen LogP contribution in [0.4, 0.5) is 0 Å². The molecule has 2 aromatic carbocycles. The first-order valence-corrected chi connectivity index (χ1v) is 8.04. The minimum atomic E-state index is -0.328. The largest absolute Gasteiger partial charge is 0.507 e. The second-order valence-corrected chi connectivity index (χ2v) is 6.19. The van der Waals surface area contributed by atoms with E-state index in [1.54, 1.807) is 6.92 Å². The van der Waals surface area contributed by atoms with E-state index < -0.39 is 0 Å². The van der Waals surface area contributed by atoms with Gasteiger partial charge in [-0.2, -0.15) is 0 Å². The average molecular weight is 342 g/mol. The summed E-state index contributed by atoms with van der Waals surface area (Å²) < 4.78 is 21.8. The summed E-state index contributed by atoms with van der Waals surface area (Å²) >= 11 is 0. The fraction of sp³-hybridized carbons (Fsp3) is 0.316. The number of hydrogen-bond acceptors (Lipinski definition) is 6. The van der Waals surface area contributed by atoms with Crippen LogP contribution >= 0.6 is 0 Å². The number of methoxy groups -OCH3 is 1. The average Bonchev–Trinajstić information content (AvgIpc) is 3.07. The molecule has 130 valence electrons. The van der Waals surface area contributed by atoms with Crippen LogP contribution in [0, 0.1) is 12.8 Å². The molecule has 0 radical (unpaired) electrons. The lowest BCUT2D eigenvalue weighted by Gasteiger charge is -2.26. The molecule has 2 aliphatic heterocycles. The van der Waals surface area contributed by atoms with Gasteiger partial charge in [0, 0.05) is 11.6 Å². The van der Waals surface area contributed by atoms with Crippen molar-refractivity contribution in [3.05, 3.63) is 41.0 Å². The maximum atomic E-state index is 13.0. The van der Waals surface area contributed by atoms with Gasteiger partial charge in [0.25, 0.3) is 0 Å². The Morgan fingerprint density at radius 2 is 1.96 bits per heavy atom. The quantitative estimate of drug-likeness (QED) is 0.924. The van der Waals surface area contributed by atoms with Crippen molar-refractivity contribution in [3.63, 3.8) is 0 Å². The van der Waals surface area contributed by atoms with Crippen molar-refractivity contribution in [2.45, 2.75) is 13.3 Å². The fourth-order valence-electron chi connectivity index (χ4n) is 3.30. The summed E-state index contributed by atoms with van der Waals surface area (Å²) in [5.74, 6) is 1.83. The zero-order valence-electron chi connectivity index (χ0n) is 14.0. The highest BCUT2D eigenvalue weighted by Gasteiger charge is 2.34. The summed E-state index contributed by atoms with van der Waals surface area (Å²) in [6.07, 6.45) is 0.526. The number of ether oxygens (including phenoxy) is 4. The predicted octanol–water partition coefficient (Wildman–Crippen LogP) is 2.87. The maximum Gasteiger partial charge on any atom is 0.231 e. The number of benzene rings is 2. The van der Waals surface area contributed by atoms with Crippen molar-refractivity contribution in [3.8, 4) is 28.7 Å². The van der Waals surface area contributed by atoms with Crippen molar-refractivity contribution < 1.29 is 28.8 Å². The first kappa shape index (κ1) is 15.6. The third-order valence-electron chi connectivity index (χ3n) is 4.65. The second-order valence-electron chi connectivity index (χ2n) is 6.19. The van der Waals surface area contributed by atoms with Crippen LogP contribution in [0.5, 0.6) is 28.7 Å². The fourth-order valence-corrected chi connectivity index (χ4v) is 3.30. The van der Waals surface area contributed by atoms with E-state index in [4.69, 9.17) is 18.9 Å². The highest BCUT2D eigenvalue weighted by molar-refractivity contribution is 6.04. The van der Waals surface area contributed by atoms with E-state index in [0.29, 0.717) is 40.5 Å². The highest BCUT2D eigenvalue weighted by Crippen LogP contribution is 2.42. The second kappa shape index (κ2) is 5.88. The molecule has 1 N–H and O–H groups in total. The normalized spacial score (nSPS) is 17.8. The number of carbonyl (C=O) groups is 1. The summed E-state index contributed by atoms with van der Waals surface area (Å²) in [5.41, 5.74) is 1.90. The molecule has 0 spiro atoms. The lowest BCUT2D eigenvalue weighted by atomic mass is 9.88. The standard InChI is InChI=1S/C19H18O6/c1-10-13(20)7-16-17(19(10)22-2)18(21)12(8-23-16)5-11-3-4-14-15(6-11)25-9-24-14/h3-4,6-7,12,20H,5,8-9H2,1-2H3. The summed E-state index contributed by atoms with van der Waals surface area (Å²) in [7, 11) is 1.48. The predicted molar refractivity (Wildman–Crippen MR) is 89.0 cm³/mol. The van der Waals surface area contributed by atoms with Crippen LogP contribution in [-0.4, -0.2) is 31.4 Å². The molecule has 2 aliphatic rings. The molecule has 0 aromatic heterocycles. The molecule has 0 saturated carbocycles. The van der Waals surface area contributed by atoms with Crippen LogP contribution in [0.3, 0.4) is 0 Å². The van der Waals surface area contributed by atoms with Crippen LogP contribution in [-0.2, 0) is 6.42 Å². The Morgan fingerprint density at radius 1 is 1.16 bits per heavy atom. The number of aromatic hydroxyl groups is 1. The van der Waals surface area contributed by atoms with Crippen molar-refractivity contribution in [2.75, 3.05) is 20.5 Å². The minimum Gasteiger partial charge on any atom is -0.507 e. The number of rotatable bonds is 3. The van der Waals surface area contributed by atoms with E-state index in [-0.39, 0.29) is 30.9 Å². The number of fused-ring (bicyclic) bond motifs is 2. The van der Waals surface area contributed by atoms with Gasteiger partial charge in [-0.25, -0.2) is 0 Å². The minimum absolute atomic E-state index is 0.0427. The molecule has 2 aromatic rings. The molecular formula is C19H18O6. The van der Waals surface area contributed by atoms with Gasteiger partial charge in [0.1, 0.15) is 22.8 Å². The summed E-state index contributed by atoms with van der Waals surface area (Å²) in [6.45, 7) is 2.19. The van der Waals surface area contributed by atoms with Gasteiger partial charge < -0.3 is 24.1 Å². The number of carbonyl (C=O) groups excluding carboxylic acids is 1. The molecular weight excluding hydrogens is 324 g/mol. The Kier molecular flexibility index (Phi) is 3.67. The van der Waals surface area contributed by atoms with Gasteiger partial charge >= 0.3 is 0 Å². The van der Waals surface area contributed by atoms with Gasteiger partial charge in [-0.05, 0) is 31.0 Å². The number of phenolic OH excluding ortho intramolecular Hbond substituents is 1. The molecule has 1 unspecified atom stereocenters. The number of Topliss-reactive ketones (excluding diaryl/α,β-unsaturated/α-hetero) is 1.